The fourth-order valence-corrected chi connectivity index (χ4v) is 2.10. The third-order valence-corrected chi connectivity index (χ3v) is 3.18. The highest BCUT2D eigenvalue weighted by Crippen LogP contribution is 2.21. The highest BCUT2D eigenvalue weighted by molar-refractivity contribution is 5.77. The average molecular weight is 233 g/mol. The van der Waals surface area contributed by atoms with Crippen LogP contribution >= 0.6 is 0 Å². The van der Waals surface area contributed by atoms with Gasteiger partial charge in [-0.1, -0.05) is 6.07 Å². The Labute approximate surface area is 102 Å². The van der Waals surface area contributed by atoms with Crippen molar-refractivity contribution in [2.45, 2.75) is 13.0 Å². The molecule has 0 aliphatic carbocycles. The van der Waals surface area contributed by atoms with E-state index in [-0.39, 0.29) is 5.91 Å². The van der Waals surface area contributed by atoms with E-state index < -0.39 is 0 Å². The molecule has 0 spiro atoms. The Morgan fingerprint density at radius 3 is 2.88 bits per heavy atom. The highest BCUT2D eigenvalue weighted by atomic mass is 16.2. The normalized spacial score (nSPS) is 15.4. The van der Waals surface area contributed by atoms with Crippen molar-refractivity contribution in [1.29, 1.82) is 0 Å². The van der Waals surface area contributed by atoms with Crippen LogP contribution in [0.3, 0.4) is 0 Å². The van der Waals surface area contributed by atoms with Gasteiger partial charge in [0.15, 0.2) is 0 Å². The second-order valence-corrected chi connectivity index (χ2v) is 4.78. The second-order valence-electron chi connectivity index (χ2n) is 4.78. The molecule has 1 aliphatic heterocycles. The van der Waals surface area contributed by atoms with Gasteiger partial charge < -0.3 is 10.6 Å². The molecule has 92 valence electrons. The maximum absolute atomic E-state index is 11.6. The summed E-state index contributed by atoms with van der Waals surface area (Å²) in [7, 11) is 3.59. The van der Waals surface area contributed by atoms with Crippen LogP contribution in [0.5, 0.6) is 0 Å². The Balaban J connectivity index is 2.04. The van der Waals surface area contributed by atoms with Crippen LogP contribution in [-0.4, -0.2) is 42.9 Å². The van der Waals surface area contributed by atoms with E-state index in [0.29, 0.717) is 6.54 Å². The molecule has 1 aromatic carbocycles. The molecular weight excluding hydrogens is 214 g/mol. The molecule has 17 heavy (non-hydrogen) atoms. The van der Waals surface area contributed by atoms with Gasteiger partial charge in [-0.05, 0) is 29.7 Å². The number of carbonyl (C=O) groups excluding carboxylic acids is 1. The van der Waals surface area contributed by atoms with Gasteiger partial charge in [-0.15, -0.1) is 0 Å². The lowest BCUT2D eigenvalue weighted by Gasteiger charge is -2.29. The second kappa shape index (κ2) is 4.75. The van der Waals surface area contributed by atoms with E-state index in [0.717, 1.165) is 25.2 Å². The first-order valence-corrected chi connectivity index (χ1v) is 5.86. The van der Waals surface area contributed by atoms with Crippen LogP contribution in [0.1, 0.15) is 11.1 Å². The van der Waals surface area contributed by atoms with Crippen LogP contribution in [0.15, 0.2) is 18.2 Å². The Kier molecular flexibility index (Phi) is 3.33. The summed E-state index contributed by atoms with van der Waals surface area (Å²) in [5, 5.41) is 0. The number of anilines is 1. The monoisotopic (exact) mass is 233 g/mol. The number of rotatable bonds is 2. The number of fused-ring (bicyclic) bond motifs is 1. The van der Waals surface area contributed by atoms with Crippen LogP contribution in [-0.2, 0) is 17.8 Å². The van der Waals surface area contributed by atoms with Crippen molar-refractivity contribution in [3.63, 3.8) is 0 Å². The highest BCUT2D eigenvalue weighted by Gasteiger charge is 2.18. The molecule has 4 heteroatoms. The van der Waals surface area contributed by atoms with Crippen LogP contribution in [0.25, 0.3) is 0 Å². The predicted molar refractivity (Wildman–Crippen MR) is 68.5 cm³/mol. The molecule has 4 nitrogen and oxygen atoms in total. The summed E-state index contributed by atoms with van der Waals surface area (Å²) in [6.07, 6.45) is 0.973. The Bertz CT molecular complexity index is 429. The first-order valence-electron chi connectivity index (χ1n) is 5.86. The molecule has 0 unspecified atom stereocenters. The molecule has 1 amide bonds. The largest absolute Gasteiger partial charge is 0.399 e. The summed E-state index contributed by atoms with van der Waals surface area (Å²) >= 11 is 0. The standard InChI is InChI=1S/C13H19N3O/c1-15(2)13(17)9-16-6-5-10-7-12(14)4-3-11(10)8-16/h3-4,7H,5-6,8-9,14H2,1-2H3. The van der Waals surface area contributed by atoms with Crippen molar-refractivity contribution in [2.75, 3.05) is 32.9 Å². The van der Waals surface area contributed by atoms with Crippen LogP contribution in [0.2, 0.25) is 0 Å². The first-order chi connectivity index (χ1) is 8.06. The summed E-state index contributed by atoms with van der Waals surface area (Å²) < 4.78 is 0. The fourth-order valence-electron chi connectivity index (χ4n) is 2.10. The lowest BCUT2D eigenvalue weighted by molar-refractivity contribution is -0.130. The van der Waals surface area contributed by atoms with Gasteiger partial charge >= 0.3 is 0 Å². The molecule has 0 saturated carbocycles. The minimum Gasteiger partial charge on any atom is -0.399 e. The summed E-state index contributed by atoms with van der Waals surface area (Å²) in [5.41, 5.74) is 9.19. The maximum atomic E-state index is 11.6. The number of nitrogens with two attached hydrogens (primary N) is 1. The lowest BCUT2D eigenvalue weighted by atomic mass is 9.99. The number of nitrogen functional groups attached to an aromatic ring is 1. The van der Waals surface area contributed by atoms with Gasteiger partial charge in [0.05, 0.1) is 6.54 Å². The molecular formula is C13H19N3O. The summed E-state index contributed by atoms with van der Waals surface area (Å²) in [5.74, 6) is 0.156. The summed E-state index contributed by atoms with van der Waals surface area (Å²) in [4.78, 5) is 15.5. The molecule has 0 fully saturated rings. The third-order valence-electron chi connectivity index (χ3n) is 3.18. The number of carbonyl (C=O) groups is 1. The molecule has 1 aliphatic rings. The number of likely N-dealkylation sites (N-methyl/N-ethyl adjacent to an activating group) is 1. The van der Waals surface area contributed by atoms with Gasteiger partial charge in [0.2, 0.25) is 5.91 Å². The first kappa shape index (κ1) is 11.9. The summed E-state index contributed by atoms with van der Waals surface area (Å²) in [6.45, 7) is 2.27. The molecule has 2 rings (SSSR count). The number of hydrogen-bond donors (Lipinski definition) is 1. The zero-order valence-electron chi connectivity index (χ0n) is 10.4. The fraction of sp³-hybridized carbons (Fsp3) is 0.462. The summed E-state index contributed by atoms with van der Waals surface area (Å²) in [6, 6.07) is 6.04. The third kappa shape index (κ3) is 2.77. The Hall–Kier alpha value is -1.55. The number of hydrogen-bond acceptors (Lipinski definition) is 3. The molecule has 0 atom stereocenters. The van der Waals surface area contributed by atoms with Crippen molar-refractivity contribution < 1.29 is 4.79 Å². The van der Waals surface area contributed by atoms with Crippen molar-refractivity contribution in [1.82, 2.24) is 9.80 Å². The smallest absolute Gasteiger partial charge is 0.236 e. The maximum Gasteiger partial charge on any atom is 0.236 e. The van der Waals surface area contributed by atoms with Gasteiger partial charge in [0, 0.05) is 32.9 Å². The minimum atomic E-state index is 0.156. The zero-order valence-corrected chi connectivity index (χ0v) is 10.4. The van der Waals surface area contributed by atoms with E-state index in [1.165, 1.54) is 11.1 Å². The molecule has 1 heterocycles. The molecule has 1 aromatic rings. The van der Waals surface area contributed by atoms with Crippen LogP contribution < -0.4 is 5.73 Å². The minimum absolute atomic E-state index is 0.156. The van der Waals surface area contributed by atoms with Gasteiger partial charge in [-0.3, -0.25) is 9.69 Å². The van der Waals surface area contributed by atoms with E-state index in [1.54, 1.807) is 19.0 Å². The Morgan fingerprint density at radius 2 is 2.18 bits per heavy atom. The van der Waals surface area contributed by atoms with Crippen molar-refractivity contribution in [3.05, 3.63) is 29.3 Å². The SMILES string of the molecule is CN(C)C(=O)CN1CCc2cc(N)ccc2C1. The van der Waals surface area contributed by atoms with Crippen LogP contribution in [0, 0.1) is 0 Å². The average Bonchev–Trinajstić information content (AvgIpc) is 2.29. The predicted octanol–water partition coefficient (Wildman–Crippen LogP) is 0.715. The molecule has 2 N–H and O–H groups in total. The van der Waals surface area contributed by atoms with Gasteiger partial charge in [0.1, 0.15) is 0 Å². The molecule has 0 aromatic heterocycles. The van der Waals surface area contributed by atoms with Crippen LogP contribution in [0.4, 0.5) is 5.69 Å². The van der Waals surface area contributed by atoms with Gasteiger partial charge in [-0.2, -0.15) is 0 Å². The van der Waals surface area contributed by atoms with E-state index >= 15 is 0 Å². The van der Waals surface area contributed by atoms with E-state index in [2.05, 4.69) is 11.0 Å². The van der Waals surface area contributed by atoms with E-state index in [1.807, 2.05) is 12.1 Å². The number of benzene rings is 1. The van der Waals surface area contributed by atoms with Crippen molar-refractivity contribution in [3.8, 4) is 0 Å². The van der Waals surface area contributed by atoms with Crippen molar-refractivity contribution >= 4 is 11.6 Å². The number of amides is 1. The lowest BCUT2D eigenvalue weighted by Crippen LogP contribution is -2.39. The number of nitrogens with zero attached hydrogens (tertiary/aromatic N) is 2. The quantitative estimate of drug-likeness (QED) is 0.766. The van der Waals surface area contributed by atoms with Gasteiger partial charge in [-0.25, -0.2) is 0 Å². The zero-order chi connectivity index (χ0) is 12.4. The molecule has 0 radical (unpaired) electrons. The molecule has 0 bridgehead atoms. The topological polar surface area (TPSA) is 49.6 Å². The van der Waals surface area contributed by atoms with Gasteiger partial charge in [0.25, 0.3) is 0 Å². The van der Waals surface area contributed by atoms with E-state index in [9.17, 15) is 4.79 Å². The van der Waals surface area contributed by atoms with Crippen molar-refractivity contribution in [2.24, 2.45) is 0 Å². The van der Waals surface area contributed by atoms with E-state index in [4.69, 9.17) is 5.73 Å². The Morgan fingerprint density at radius 1 is 1.41 bits per heavy atom. The molecule has 0 saturated heterocycles.